The monoisotopic (exact) mass is 314 g/mol. The lowest BCUT2D eigenvalue weighted by atomic mass is 9.79. The second-order valence-electron chi connectivity index (χ2n) is 6.45. The smallest absolute Gasteiger partial charge is 0.492 e. The topological polar surface area (TPSA) is 69.9 Å². The van der Waals surface area contributed by atoms with E-state index in [2.05, 4.69) is 0 Å². The molecule has 0 aliphatic heterocycles. The van der Waals surface area contributed by atoms with Crippen molar-refractivity contribution in [1.82, 2.24) is 0 Å². The molecule has 0 aliphatic carbocycles. The van der Waals surface area contributed by atoms with Gasteiger partial charge in [-0.1, -0.05) is 19.9 Å². The molecule has 1 rings (SSSR count). The predicted molar refractivity (Wildman–Crippen MR) is 84.7 cm³/mol. The Labute approximate surface area is 126 Å². The van der Waals surface area contributed by atoms with Gasteiger partial charge in [0.1, 0.15) is 11.6 Å². The van der Waals surface area contributed by atoms with Gasteiger partial charge in [0.05, 0.1) is 6.61 Å². The third-order valence-corrected chi connectivity index (χ3v) is 7.68. The SMILES string of the molecule is CC(C)(CCCOc1cc(F)ccc1B(O)O)[Si](C)(C)O. The summed E-state index contributed by atoms with van der Waals surface area (Å²) in [4.78, 5) is 10.2. The molecule has 0 aliphatic rings. The summed E-state index contributed by atoms with van der Waals surface area (Å²) in [7, 11) is -3.94. The van der Waals surface area contributed by atoms with Crippen molar-refractivity contribution in [2.45, 2.75) is 44.8 Å². The molecule has 0 amide bonds. The lowest BCUT2D eigenvalue weighted by Gasteiger charge is -2.35. The van der Waals surface area contributed by atoms with Crippen LogP contribution in [0.5, 0.6) is 5.75 Å². The van der Waals surface area contributed by atoms with Crippen LogP contribution in [0, 0.1) is 5.82 Å². The average Bonchev–Trinajstić information content (AvgIpc) is 2.33. The van der Waals surface area contributed by atoms with E-state index < -0.39 is 21.3 Å². The van der Waals surface area contributed by atoms with Crippen molar-refractivity contribution < 1.29 is 24.0 Å². The van der Waals surface area contributed by atoms with Gasteiger partial charge in [0.25, 0.3) is 0 Å². The summed E-state index contributed by atoms with van der Waals surface area (Å²) in [5.41, 5.74) is 0.146. The van der Waals surface area contributed by atoms with Gasteiger partial charge < -0.3 is 19.6 Å². The highest BCUT2D eigenvalue weighted by Crippen LogP contribution is 2.39. The molecular weight excluding hydrogens is 290 g/mol. The lowest BCUT2D eigenvalue weighted by molar-refractivity contribution is 0.294. The molecule has 0 radical (unpaired) electrons. The van der Waals surface area contributed by atoms with E-state index >= 15 is 0 Å². The van der Waals surface area contributed by atoms with Crippen LogP contribution in [0.25, 0.3) is 0 Å². The van der Waals surface area contributed by atoms with Crippen LogP contribution < -0.4 is 10.2 Å². The summed E-state index contributed by atoms with van der Waals surface area (Å²) in [6.45, 7) is 8.20. The maximum Gasteiger partial charge on any atom is 0.492 e. The van der Waals surface area contributed by atoms with Gasteiger partial charge in [-0.05, 0) is 37.0 Å². The summed E-state index contributed by atoms with van der Waals surface area (Å²) < 4.78 is 18.7. The van der Waals surface area contributed by atoms with E-state index in [1.807, 2.05) is 26.9 Å². The van der Waals surface area contributed by atoms with Gasteiger partial charge >= 0.3 is 7.12 Å². The quantitative estimate of drug-likeness (QED) is 0.529. The Morgan fingerprint density at radius 1 is 1.29 bits per heavy atom. The summed E-state index contributed by atoms with van der Waals surface area (Å²) >= 11 is 0. The second-order valence-corrected chi connectivity index (χ2v) is 10.9. The van der Waals surface area contributed by atoms with Crippen molar-refractivity contribution in [3.05, 3.63) is 24.0 Å². The molecule has 4 nitrogen and oxygen atoms in total. The zero-order valence-electron chi connectivity index (χ0n) is 13.1. The van der Waals surface area contributed by atoms with E-state index in [1.54, 1.807) is 0 Å². The Balaban J connectivity index is 2.59. The molecular formula is C14H24BFO4Si. The highest BCUT2D eigenvalue weighted by molar-refractivity contribution is 6.72. The van der Waals surface area contributed by atoms with Gasteiger partial charge in [-0.3, -0.25) is 0 Å². The molecule has 1 aromatic rings. The number of halogens is 1. The first-order valence-electron chi connectivity index (χ1n) is 7.05. The molecule has 21 heavy (non-hydrogen) atoms. The van der Waals surface area contributed by atoms with E-state index in [-0.39, 0.29) is 16.3 Å². The van der Waals surface area contributed by atoms with Gasteiger partial charge in [-0.15, -0.1) is 0 Å². The summed E-state index contributed by atoms with van der Waals surface area (Å²) in [6, 6.07) is 3.60. The van der Waals surface area contributed by atoms with Crippen LogP contribution in [0.2, 0.25) is 18.1 Å². The number of hydrogen-bond donors (Lipinski definition) is 3. The van der Waals surface area contributed by atoms with Crippen molar-refractivity contribution in [1.29, 1.82) is 0 Å². The van der Waals surface area contributed by atoms with Crippen LogP contribution in [0.1, 0.15) is 26.7 Å². The molecule has 3 N–H and O–H groups in total. The van der Waals surface area contributed by atoms with Crippen LogP contribution in [0.3, 0.4) is 0 Å². The molecule has 0 heterocycles. The molecule has 0 fully saturated rings. The minimum Gasteiger partial charge on any atom is -0.494 e. The summed E-state index contributed by atoms with van der Waals surface area (Å²) in [5, 5.41) is 18.3. The Bertz CT molecular complexity index is 475. The van der Waals surface area contributed by atoms with Gasteiger partial charge in [0, 0.05) is 11.5 Å². The predicted octanol–water partition coefficient (Wildman–Crippen LogP) is 1.64. The van der Waals surface area contributed by atoms with Crippen molar-refractivity contribution in [2.75, 3.05) is 6.61 Å². The molecule has 0 unspecified atom stereocenters. The lowest BCUT2D eigenvalue weighted by Crippen LogP contribution is -2.39. The number of hydrogen-bond acceptors (Lipinski definition) is 4. The molecule has 7 heteroatoms. The molecule has 0 saturated heterocycles. The van der Waals surface area contributed by atoms with Gasteiger partial charge in [-0.25, -0.2) is 4.39 Å². The zero-order valence-corrected chi connectivity index (χ0v) is 14.1. The molecule has 0 aromatic heterocycles. The van der Waals surface area contributed by atoms with Crippen LogP contribution >= 0.6 is 0 Å². The van der Waals surface area contributed by atoms with Crippen LogP contribution in [0.4, 0.5) is 4.39 Å². The molecule has 1 aromatic carbocycles. The Hall–Kier alpha value is -0.888. The van der Waals surface area contributed by atoms with Crippen LogP contribution in [-0.4, -0.2) is 36.9 Å². The van der Waals surface area contributed by atoms with E-state index in [0.717, 1.165) is 18.6 Å². The van der Waals surface area contributed by atoms with Crippen molar-refractivity contribution in [3.63, 3.8) is 0 Å². The third kappa shape index (κ3) is 5.10. The van der Waals surface area contributed by atoms with Crippen molar-refractivity contribution in [3.8, 4) is 5.75 Å². The minimum atomic E-state index is -2.25. The van der Waals surface area contributed by atoms with Crippen LogP contribution in [0.15, 0.2) is 18.2 Å². The normalized spacial score (nSPS) is 12.4. The van der Waals surface area contributed by atoms with Gasteiger partial charge in [-0.2, -0.15) is 0 Å². The first-order chi connectivity index (χ1) is 9.54. The van der Waals surface area contributed by atoms with E-state index in [9.17, 15) is 19.2 Å². The second kappa shape index (κ2) is 6.91. The van der Waals surface area contributed by atoms with E-state index in [1.165, 1.54) is 6.07 Å². The number of benzene rings is 1. The van der Waals surface area contributed by atoms with Gasteiger partial charge in [0.15, 0.2) is 8.32 Å². The first-order valence-corrected chi connectivity index (χ1v) is 10.00. The molecule has 0 atom stereocenters. The Morgan fingerprint density at radius 3 is 2.43 bits per heavy atom. The van der Waals surface area contributed by atoms with E-state index in [0.29, 0.717) is 13.0 Å². The molecule has 0 bridgehead atoms. The fraction of sp³-hybridized carbons (Fsp3) is 0.571. The average molecular weight is 314 g/mol. The summed E-state index contributed by atoms with van der Waals surface area (Å²) in [6.07, 6.45) is 1.48. The van der Waals surface area contributed by atoms with Crippen molar-refractivity contribution >= 4 is 20.9 Å². The fourth-order valence-corrected chi connectivity index (χ4v) is 2.64. The molecule has 0 saturated carbocycles. The van der Waals surface area contributed by atoms with E-state index in [4.69, 9.17) is 4.74 Å². The standard InChI is InChI=1S/C14H24BFO4Si/c1-14(2,21(3,4)19)8-5-9-20-13-10-11(16)6-7-12(13)15(17)18/h6-7,10,17-19H,5,8-9H2,1-4H3. The maximum atomic E-state index is 13.2. The Kier molecular flexibility index (Phi) is 5.98. The fourth-order valence-electron chi connectivity index (χ4n) is 1.85. The first kappa shape index (κ1) is 18.2. The third-order valence-electron chi connectivity index (χ3n) is 4.11. The maximum absolute atomic E-state index is 13.2. The van der Waals surface area contributed by atoms with Crippen molar-refractivity contribution in [2.24, 2.45) is 0 Å². The minimum absolute atomic E-state index is 0.141. The highest BCUT2D eigenvalue weighted by atomic mass is 28.4. The number of rotatable bonds is 7. The number of ether oxygens (including phenoxy) is 1. The highest BCUT2D eigenvalue weighted by Gasteiger charge is 2.37. The largest absolute Gasteiger partial charge is 0.494 e. The summed E-state index contributed by atoms with van der Waals surface area (Å²) in [5.74, 6) is -0.345. The molecule has 0 spiro atoms. The Morgan fingerprint density at radius 2 is 1.90 bits per heavy atom. The zero-order chi connectivity index (χ0) is 16.3. The van der Waals surface area contributed by atoms with Gasteiger partial charge in [0.2, 0.25) is 0 Å². The molecule has 118 valence electrons. The van der Waals surface area contributed by atoms with Crippen LogP contribution in [-0.2, 0) is 0 Å².